The third kappa shape index (κ3) is 6.48. The second-order valence-corrected chi connectivity index (χ2v) is 7.47. The van der Waals surface area contributed by atoms with E-state index in [1.54, 1.807) is 12.4 Å². The summed E-state index contributed by atoms with van der Waals surface area (Å²) >= 11 is 3.36. The zero-order valence-corrected chi connectivity index (χ0v) is 16.7. The van der Waals surface area contributed by atoms with Crippen molar-refractivity contribution >= 4 is 27.6 Å². The van der Waals surface area contributed by atoms with E-state index in [1.165, 1.54) is 6.42 Å². The van der Waals surface area contributed by atoms with Gasteiger partial charge >= 0.3 is 0 Å². The third-order valence-corrected chi connectivity index (χ3v) is 4.90. The number of hydrogen-bond acceptors (Lipinski definition) is 7. The minimum absolute atomic E-state index is 0.00445. The van der Waals surface area contributed by atoms with Crippen LogP contribution in [0.4, 0.5) is 5.95 Å². The summed E-state index contributed by atoms with van der Waals surface area (Å²) in [4.78, 5) is 16.3. The van der Waals surface area contributed by atoms with Crippen molar-refractivity contribution in [2.75, 3.05) is 37.8 Å². The van der Waals surface area contributed by atoms with Crippen LogP contribution in [-0.4, -0.2) is 54.9 Å². The lowest BCUT2D eigenvalue weighted by atomic mass is 10.1. The fourth-order valence-electron chi connectivity index (χ4n) is 2.99. The van der Waals surface area contributed by atoms with Gasteiger partial charge in [0.2, 0.25) is 5.95 Å². The van der Waals surface area contributed by atoms with Crippen molar-refractivity contribution in [1.29, 1.82) is 0 Å². The molecule has 0 spiro atoms. The first-order valence-electron chi connectivity index (χ1n) is 9.44. The molecule has 0 aliphatic carbocycles. The summed E-state index contributed by atoms with van der Waals surface area (Å²) in [5.74, 6) is 0.773. The minimum Gasteiger partial charge on any atom is -0.396 e. The Morgan fingerprint density at radius 2 is 1.92 bits per heavy atom. The van der Waals surface area contributed by atoms with Gasteiger partial charge in [0.15, 0.2) is 6.29 Å². The van der Waals surface area contributed by atoms with E-state index in [0.29, 0.717) is 6.61 Å². The number of piperidine rings is 1. The standard InChI is InChI=1S/C18H27BrN4O3/c19-15-13-20-18(21-14-15)23-8-6-16(7-9-23)22-26-12-4-3-11-25-17-5-1-2-10-24-17/h13-14,17H,1-12H2. The number of aromatic nitrogens is 2. The van der Waals surface area contributed by atoms with E-state index in [-0.39, 0.29) is 6.29 Å². The van der Waals surface area contributed by atoms with Gasteiger partial charge in [-0.2, -0.15) is 0 Å². The molecule has 2 saturated heterocycles. The van der Waals surface area contributed by atoms with E-state index in [2.05, 4.69) is 36.0 Å². The number of anilines is 1. The van der Waals surface area contributed by atoms with E-state index < -0.39 is 0 Å². The van der Waals surface area contributed by atoms with Gasteiger partial charge < -0.3 is 19.2 Å². The maximum absolute atomic E-state index is 5.71. The summed E-state index contributed by atoms with van der Waals surface area (Å²) in [6, 6.07) is 0. The Morgan fingerprint density at radius 1 is 1.15 bits per heavy atom. The Bertz CT molecular complexity index is 554. The lowest BCUT2D eigenvalue weighted by Crippen LogP contribution is -2.35. The molecule has 3 rings (SSSR count). The largest absolute Gasteiger partial charge is 0.396 e. The van der Waals surface area contributed by atoms with Crippen LogP contribution in [0.15, 0.2) is 22.0 Å². The fourth-order valence-corrected chi connectivity index (χ4v) is 3.19. The maximum Gasteiger partial charge on any atom is 0.225 e. The Hall–Kier alpha value is -1.25. The predicted molar refractivity (Wildman–Crippen MR) is 103 cm³/mol. The molecule has 0 saturated carbocycles. The highest BCUT2D eigenvalue weighted by Crippen LogP contribution is 2.16. The van der Waals surface area contributed by atoms with Gasteiger partial charge in [0.05, 0.1) is 10.2 Å². The number of hydrogen-bond donors (Lipinski definition) is 0. The van der Waals surface area contributed by atoms with Crippen molar-refractivity contribution in [1.82, 2.24) is 9.97 Å². The molecule has 144 valence electrons. The van der Waals surface area contributed by atoms with Crippen molar-refractivity contribution in [2.45, 2.75) is 51.2 Å². The number of ether oxygens (including phenoxy) is 2. The molecule has 26 heavy (non-hydrogen) atoms. The van der Waals surface area contributed by atoms with E-state index in [9.17, 15) is 0 Å². The molecule has 0 aromatic carbocycles. The van der Waals surface area contributed by atoms with Gasteiger partial charge in [-0.15, -0.1) is 0 Å². The van der Waals surface area contributed by atoms with Crippen molar-refractivity contribution in [3.63, 3.8) is 0 Å². The molecule has 2 aliphatic heterocycles. The van der Waals surface area contributed by atoms with Crippen molar-refractivity contribution in [3.8, 4) is 0 Å². The number of unbranched alkanes of at least 4 members (excludes halogenated alkanes) is 1. The van der Waals surface area contributed by atoms with Gasteiger partial charge in [0, 0.05) is 51.5 Å². The molecule has 0 radical (unpaired) electrons. The van der Waals surface area contributed by atoms with Crippen LogP contribution in [0, 0.1) is 0 Å². The molecule has 1 unspecified atom stereocenters. The average molecular weight is 427 g/mol. The van der Waals surface area contributed by atoms with Gasteiger partial charge in [0.1, 0.15) is 6.61 Å². The van der Waals surface area contributed by atoms with Crippen LogP contribution in [0.5, 0.6) is 0 Å². The monoisotopic (exact) mass is 426 g/mol. The minimum atomic E-state index is 0.00445. The third-order valence-electron chi connectivity index (χ3n) is 4.50. The first-order chi connectivity index (χ1) is 12.8. The summed E-state index contributed by atoms with van der Waals surface area (Å²) in [6.45, 7) is 3.94. The van der Waals surface area contributed by atoms with Crippen molar-refractivity contribution in [3.05, 3.63) is 16.9 Å². The highest BCUT2D eigenvalue weighted by molar-refractivity contribution is 9.10. The number of rotatable bonds is 8. The van der Waals surface area contributed by atoms with E-state index in [4.69, 9.17) is 14.3 Å². The zero-order valence-electron chi connectivity index (χ0n) is 15.1. The number of halogens is 1. The topological polar surface area (TPSA) is 69.1 Å². The van der Waals surface area contributed by atoms with Crippen LogP contribution in [0.2, 0.25) is 0 Å². The molecule has 0 amide bonds. The highest BCUT2D eigenvalue weighted by atomic mass is 79.9. The predicted octanol–water partition coefficient (Wildman–Crippen LogP) is 3.54. The van der Waals surface area contributed by atoms with Crippen molar-refractivity contribution in [2.24, 2.45) is 5.16 Å². The molecule has 0 N–H and O–H groups in total. The summed E-state index contributed by atoms with van der Waals surface area (Å²) in [7, 11) is 0. The van der Waals surface area contributed by atoms with E-state index in [0.717, 1.165) is 81.0 Å². The zero-order chi connectivity index (χ0) is 18.0. The molecular formula is C18H27BrN4O3. The summed E-state index contributed by atoms with van der Waals surface area (Å²) in [5.41, 5.74) is 1.12. The smallest absolute Gasteiger partial charge is 0.225 e. The first kappa shape index (κ1) is 19.5. The Labute approximate surface area is 163 Å². The van der Waals surface area contributed by atoms with Gasteiger partial charge in [-0.25, -0.2) is 9.97 Å². The fraction of sp³-hybridized carbons (Fsp3) is 0.722. The molecule has 0 bridgehead atoms. The lowest BCUT2D eigenvalue weighted by Gasteiger charge is -2.27. The van der Waals surface area contributed by atoms with E-state index in [1.807, 2.05) is 0 Å². The summed E-state index contributed by atoms with van der Waals surface area (Å²) < 4.78 is 12.1. The summed E-state index contributed by atoms with van der Waals surface area (Å²) in [6.07, 6.45) is 10.6. The second kappa shape index (κ2) is 10.8. The molecule has 3 heterocycles. The SMILES string of the molecule is Brc1cnc(N2CCC(=NOCCCCOC3CCCCO3)CC2)nc1. The molecular weight excluding hydrogens is 400 g/mol. The molecule has 1 aromatic heterocycles. The molecule has 2 aliphatic rings. The van der Waals surface area contributed by atoms with Gasteiger partial charge in [-0.05, 0) is 48.0 Å². The molecule has 7 nitrogen and oxygen atoms in total. The first-order valence-corrected chi connectivity index (χ1v) is 10.2. The second-order valence-electron chi connectivity index (χ2n) is 6.55. The quantitative estimate of drug-likeness (QED) is 0.467. The molecule has 1 atom stereocenters. The van der Waals surface area contributed by atoms with Crippen LogP contribution in [0.25, 0.3) is 0 Å². The lowest BCUT2D eigenvalue weighted by molar-refractivity contribution is -0.163. The van der Waals surface area contributed by atoms with Crippen LogP contribution in [0.1, 0.15) is 44.9 Å². The Balaban J connectivity index is 1.24. The highest BCUT2D eigenvalue weighted by Gasteiger charge is 2.18. The van der Waals surface area contributed by atoms with Gasteiger partial charge in [-0.3, -0.25) is 0 Å². The Kier molecular flexibility index (Phi) is 8.10. The van der Waals surface area contributed by atoms with E-state index >= 15 is 0 Å². The number of oxime groups is 1. The Morgan fingerprint density at radius 3 is 2.65 bits per heavy atom. The summed E-state index contributed by atoms with van der Waals surface area (Å²) in [5, 5.41) is 4.29. The normalized spacial score (nSPS) is 20.9. The molecule has 1 aromatic rings. The van der Waals surface area contributed by atoms with Crippen LogP contribution in [-0.2, 0) is 14.3 Å². The maximum atomic E-state index is 5.71. The molecule has 2 fully saturated rings. The average Bonchev–Trinajstić information content (AvgIpc) is 2.69. The number of nitrogens with zero attached hydrogens (tertiary/aromatic N) is 4. The van der Waals surface area contributed by atoms with Gasteiger partial charge in [0.25, 0.3) is 0 Å². The van der Waals surface area contributed by atoms with Crippen LogP contribution >= 0.6 is 15.9 Å². The van der Waals surface area contributed by atoms with Gasteiger partial charge in [-0.1, -0.05) is 5.16 Å². The van der Waals surface area contributed by atoms with Crippen molar-refractivity contribution < 1.29 is 14.3 Å². The molecule has 8 heteroatoms. The van der Waals surface area contributed by atoms with Crippen LogP contribution in [0.3, 0.4) is 0 Å². The van der Waals surface area contributed by atoms with Crippen LogP contribution < -0.4 is 4.90 Å².